The lowest BCUT2D eigenvalue weighted by molar-refractivity contribution is -0.0247. The number of ether oxygens (including phenoxy) is 1. The van der Waals surface area contributed by atoms with Crippen molar-refractivity contribution in [1.82, 2.24) is 19.9 Å². The number of hydrogen-bond acceptors (Lipinski definition) is 6. The summed E-state index contributed by atoms with van der Waals surface area (Å²) in [6.07, 6.45) is 2.95. The number of anilines is 1. The number of nitriles is 1. The topological polar surface area (TPSA) is 98.1 Å². The largest absolute Gasteiger partial charge is 0.368 e. The molecule has 0 aliphatic carbocycles. The number of aromatic nitrogens is 3. The van der Waals surface area contributed by atoms with Gasteiger partial charge in [-0.15, -0.1) is 0 Å². The average molecular weight is 326 g/mol. The molecular weight excluding hydrogens is 308 g/mol. The first-order valence-corrected chi connectivity index (χ1v) is 7.58. The number of nitrogens with one attached hydrogen (secondary N) is 1. The highest BCUT2D eigenvalue weighted by Gasteiger charge is 2.27. The number of H-pyrrole nitrogens is 1. The Morgan fingerprint density at radius 3 is 3.08 bits per heavy atom. The van der Waals surface area contributed by atoms with Crippen LogP contribution in [0, 0.1) is 11.3 Å². The molecule has 0 saturated carbocycles. The summed E-state index contributed by atoms with van der Waals surface area (Å²) in [5.41, 5.74) is 1.59. The first kappa shape index (κ1) is 16.0. The Hall–Kier alpha value is -2.92. The molecule has 8 heteroatoms. The summed E-state index contributed by atoms with van der Waals surface area (Å²) < 4.78 is 5.78. The lowest BCUT2D eigenvalue weighted by atomic mass is 10.1. The molecule has 0 bridgehead atoms. The number of rotatable bonds is 3. The highest BCUT2D eigenvalue weighted by atomic mass is 16.5. The van der Waals surface area contributed by atoms with Crippen LogP contribution in [-0.2, 0) is 4.74 Å². The first-order valence-electron chi connectivity index (χ1n) is 7.58. The van der Waals surface area contributed by atoms with Gasteiger partial charge in [0, 0.05) is 33.0 Å². The van der Waals surface area contributed by atoms with Crippen LogP contribution in [0.4, 0.5) is 5.95 Å². The number of carbonyl (C=O) groups excluding carboxylic acids is 1. The van der Waals surface area contributed by atoms with Gasteiger partial charge in [-0.25, -0.2) is 9.97 Å². The third-order valence-corrected chi connectivity index (χ3v) is 3.80. The molecule has 8 nitrogen and oxygen atoms in total. The van der Waals surface area contributed by atoms with Gasteiger partial charge in [0.1, 0.15) is 17.9 Å². The minimum Gasteiger partial charge on any atom is -0.368 e. The van der Waals surface area contributed by atoms with Gasteiger partial charge in [-0.1, -0.05) is 0 Å². The van der Waals surface area contributed by atoms with Gasteiger partial charge in [-0.2, -0.15) is 5.26 Å². The van der Waals surface area contributed by atoms with Crippen molar-refractivity contribution in [2.24, 2.45) is 0 Å². The van der Waals surface area contributed by atoms with E-state index in [-0.39, 0.29) is 12.0 Å². The van der Waals surface area contributed by atoms with Crippen molar-refractivity contribution in [2.75, 3.05) is 38.7 Å². The van der Waals surface area contributed by atoms with Crippen molar-refractivity contribution in [2.45, 2.75) is 6.10 Å². The molecule has 1 aliphatic heterocycles. The predicted octanol–water partition coefficient (Wildman–Crippen LogP) is 0.956. The second kappa shape index (κ2) is 6.68. The van der Waals surface area contributed by atoms with Crippen LogP contribution in [0.2, 0.25) is 0 Å². The fourth-order valence-electron chi connectivity index (χ4n) is 2.53. The molecule has 124 valence electrons. The van der Waals surface area contributed by atoms with Gasteiger partial charge < -0.3 is 19.5 Å². The van der Waals surface area contributed by atoms with E-state index in [0.717, 1.165) is 5.69 Å². The molecule has 3 heterocycles. The fraction of sp³-hybridized carbons (Fsp3) is 0.375. The molecule has 0 spiro atoms. The monoisotopic (exact) mass is 326 g/mol. The average Bonchev–Trinajstić information content (AvgIpc) is 3.10. The highest BCUT2D eigenvalue weighted by molar-refractivity contribution is 5.94. The lowest BCUT2D eigenvalue weighted by Gasteiger charge is -2.32. The minimum absolute atomic E-state index is 0.122. The Balaban J connectivity index is 1.75. The summed E-state index contributed by atoms with van der Waals surface area (Å²) in [4.78, 5) is 27.6. The standard InChI is InChI=1S/C16H18N6O2/c1-21(2)16-18-4-3-13(20-16)14-10-22(5-6-24-14)15(23)11-7-12(8-17)19-9-11/h3-4,7,9,14,19H,5-6,10H2,1-2H3/t14-/m0/s1. The summed E-state index contributed by atoms with van der Waals surface area (Å²) in [7, 11) is 3.74. The van der Waals surface area contributed by atoms with Gasteiger partial charge in [0.2, 0.25) is 5.95 Å². The summed E-state index contributed by atoms with van der Waals surface area (Å²) >= 11 is 0. The molecule has 1 N–H and O–H groups in total. The van der Waals surface area contributed by atoms with Crippen LogP contribution in [0.5, 0.6) is 0 Å². The van der Waals surface area contributed by atoms with Gasteiger partial charge in [-0.05, 0) is 12.1 Å². The van der Waals surface area contributed by atoms with Crippen LogP contribution in [0.1, 0.15) is 27.8 Å². The van der Waals surface area contributed by atoms with Crippen LogP contribution in [0.25, 0.3) is 0 Å². The molecule has 0 unspecified atom stereocenters. The van der Waals surface area contributed by atoms with Crippen molar-refractivity contribution in [1.29, 1.82) is 5.26 Å². The zero-order valence-electron chi connectivity index (χ0n) is 13.6. The van der Waals surface area contributed by atoms with E-state index in [1.807, 2.05) is 25.1 Å². The molecule has 0 radical (unpaired) electrons. The predicted molar refractivity (Wildman–Crippen MR) is 86.5 cm³/mol. The number of amides is 1. The molecule has 1 fully saturated rings. The molecular formula is C16H18N6O2. The summed E-state index contributed by atoms with van der Waals surface area (Å²) in [5, 5.41) is 8.86. The second-order valence-corrected chi connectivity index (χ2v) is 5.70. The van der Waals surface area contributed by atoms with Gasteiger partial charge in [0.25, 0.3) is 5.91 Å². The molecule has 1 atom stereocenters. The van der Waals surface area contributed by atoms with Crippen molar-refractivity contribution in [3.63, 3.8) is 0 Å². The number of aromatic amines is 1. The van der Waals surface area contributed by atoms with Gasteiger partial charge in [-0.3, -0.25) is 4.79 Å². The third kappa shape index (κ3) is 3.21. The molecule has 1 saturated heterocycles. The summed E-state index contributed by atoms with van der Waals surface area (Å²) in [6.45, 7) is 1.36. The van der Waals surface area contributed by atoms with Gasteiger partial charge in [0.05, 0.1) is 24.4 Å². The van der Waals surface area contributed by atoms with E-state index in [0.29, 0.717) is 36.9 Å². The molecule has 0 aromatic carbocycles. The van der Waals surface area contributed by atoms with Crippen LogP contribution >= 0.6 is 0 Å². The van der Waals surface area contributed by atoms with E-state index < -0.39 is 0 Å². The maximum Gasteiger partial charge on any atom is 0.255 e. The van der Waals surface area contributed by atoms with E-state index in [1.54, 1.807) is 29.4 Å². The smallest absolute Gasteiger partial charge is 0.255 e. The molecule has 3 rings (SSSR count). The maximum absolute atomic E-state index is 12.6. The van der Waals surface area contributed by atoms with Crippen molar-refractivity contribution in [3.05, 3.63) is 41.5 Å². The van der Waals surface area contributed by atoms with Crippen molar-refractivity contribution < 1.29 is 9.53 Å². The molecule has 1 amide bonds. The normalized spacial score (nSPS) is 17.4. The Labute approximate surface area is 139 Å². The highest BCUT2D eigenvalue weighted by Crippen LogP contribution is 2.23. The Morgan fingerprint density at radius 1 is 1.54 bits per heavy atom. The second-order valence-electron chi connectivity index (χ2n) is 5.70. The van der Waals surface area contributed by atoms with E-state index >= 15 is 0 Å². The Morgan fingerprint density at radius 2 is 2.38 bits per heavy atom. The van der Waals surface area contributed by atoms with E-state index in [9.17, 15) is 4.79 Å². The summed E-state index contributed by atoms with van der Waals surface area (Å²) in [5.74, 6) is 0.479. The van der Waals surface area contributed by atoms with Crippen LogP contribution in [0.15, 0.2) is 24.5 Å². The summed E-state index contributed by atoms with van der Waals surface area (Å²) in [6, 6.07) is 5.34. The van der Waals surface area contributed by atoms with Crippen LogP contribution < -0.4 is 4.90 Å². The van der Waals surface area contributed by atoms with Gasteiger partial charge >= 0.3 is 0 Å². The van der Waals surface area contributed by atoms with E-state index in [1.165, 1.54) is 0 Å². The van der Waals surface area contributed by atoms with E-state index in [2.05, 4.69) is 15.0 Å². The number of hydrogen-bond donors (Lipinski definition) is 1. The number of morpholine rings is 1. The van der Waals surface area contributed by atoms with Crippen molar-refractivity contribution in [3.8, 4) is 6.07 Å². The molecule has 2 aromatic heterocycles. The van der Waals surface area contributed by atoms with Crippen molar-refractivity contribution >= 4 is 11.9 Å². The number of nitrogens with zero attached hydrogens (tertiary/aromatic N) is 5. The Bertz CT molecular complexity index is 779. The quantitative estimate of drug-likeness (QED) is 0.902. The van der Waals surface area contributed by atoms with Crippen LogP contribution in [0.3, 0.4) is 0 Å². The minimum atomic E-state index is -0.293. The lowest BCUT2D eigenvalue weighted by Crippen LogP contribution is -2.42. The molecule has 1 aliphatic rings. The maximum atomic E-state index is 12.6. The zero-order valence-corrected chi connectivity index (χ0v) is 13.6. The molecule has 24 heavy (non-hydrogen) atoms. The van der Waals surface area contributed by atoms with Gasteiger partial charge in [0.15, 0.2) is 0 Å². The SMILES string of the molecule is CN(C)c1nccc([C@@H]2CN(C(=O)c3c[nH]c(C#N)c3)CCO2)n1. The van der Waals surface area contributed by atoms with Crippen LogP contribution in [-0.4, -0.2) is 59.6 Å². The zero-order chi connectivity index (χ0) is 17.1. The molecule has 2 aromatic rings. The fourth-order valence-corrected chi connectivity index (χ4v) is 2.53. The van der Waals surface area contributed by atoms with E-state index in [4.69, 9.17) is 10.00 Å². The Kier molecular flexibility index (Phi) is 4.44. The first-order chi connectivity index (χ1) is 11.6. The number of carbonyl (C=O) groups is 1. The third-order valence-electron chi connectivity index (χ3n) is 3.80.